The van der Waals surface area contributed by atoms with E-state index in [0.29, 0.717) is 32.4 Å². The molecule has 2 N–H and O–H groups in total. The van der Waals surface area contributed by atoms with Gasteiger partial charge in [0, 0.05) is 30.2 Å². The number of nitrogens with zero attached hydrogens (tertiary/aromatic N) is 1. The van der Waals surface area contributed by atoms with E-state index in [4.69, 9.17) is 16.4 Å². The van der Waals surface area contributed by atoms with Gasteiger partial charge in [-0.25, -0.2) is 0 Å². The smallest absolute Gasteiger partial charge is 0.299 e. The minimum absolute atomic E-state index is 0.196. The molecule has 0 unspecified atom stereocenters. The molecule has 1 aliphatic rings. The molecule has 1 rings (SSSR count). The van der Waals surface area contributed by atoms with E-state index in [1.807, 2.05) is 0 Å². The van der Waals surface area contributed by atoms with E-state index >= 15 is 0 Å². The normalized spacial score (nSPS) is 20.9. The third-order valence-corrected chi connectivity index (χ3v) is 3.94. The van der Waals surface area contributed by atoms with Crippen molar-refractivity contribution in [3.8, 4) is 0 Å². The molecule has 1 fully saturated rings. The van der Waals surface area contributed by atoms with E-state index in [9.17, 15) is 13.2 Å². The largest absolute Gasteiger partial charge is 0.370 e. The minimum Gasteiger partial charge on any atom is -0.370 e. The number of hydrogen-bond donors (Lipinski definition) is 1. The molecule has 0 aromatic rings. The second-order valence-electron chi connectivity index (χ2n) is 3.45. The molecule has 1 amide bonds. The van der Waals surface area contributed by atoms with Crippen molar-refractivity contribution in [3.05, 3.63) is 0 Å². The fraction of sp³-hybridized carbons (Fsp3) is 0.857. The molecule has 1 saturated heterocycles. The number of carbonyl (C=O) groups excluding carboxylic acids is 1. The van der Waals surface area contributed by atoms with Gasteiger partial charge in [-0.1, -0.05) is 0 Å². The summed E-state index contributed by atoms with van der Waals surface area (Å²) in [5.41, 5.74) is 5.05. The highest BCUT2D eigenvalue weighted by molar-refractivity contribution is 8.11. The number of amides is 1. The molecule has 0 aromatic carbocycles. The number of rotatable bonds is 3. The molecule has 14 heavy (non-hydrogen) atoms. The lowest BCUT2D eigenvalue weighted by Crippen LogP contribution is -2.36. The maximum absolute atomic E-state index is 10.9. The number of piperidine rings is 1. The minimum atomic E-state index is -3.59. The molecule has 0 atom stereocenters. The first kappa shape index (κ1) is 11.7. The van der Waals surface area contributed by atoms with Gasteiger partial charge in [0.2, 0.25) is 5.91 Å². The van der Waals surface area contributed by atoms with Crippen LogP contribution in [0.3, 0.4) is 0 Å². The first-order valence-corrected chi connectivity index (χ1v) is 6.64. The van der Waals surface area contributed by atoms with Crippen LogP contribution in [0.25, 0.3) is 0 Å². The molecular formula is C7H13ClN2O3S. The number of nitrogens with two attached hydrogens (primary N) is 1. The van der Waals surface area contributed by atoms with Gasteiger partial charge in [-0.15, -0.1) is 0 Å². The Morgan fingerprint density at radius 3 is 2.29 bits per heavy atom. The molecule has 0 aromatic heterocycles. The Kier molecular flexibility index (Phi) is 3.74. The van der Waals surface area contributed by atoms with E-state index in [-0.39, 0.29) is 11.8 Å². The van der Waals surface area contributed by atoms with Crippen molar-refractivity contribution in [1.82, 2.24) is 4.31 Å². The van der Waals surface area contributed by atoms with Gasteiger partial charge in [0.15, 0.2) is 0 Å². The third-order valence-electron chi connectivity index (χ3n) is 2.37. The lowest BCUT2D eigenvalue weighted by Gasteiger charge is -2.28. The summed E-state index contributed by atoms with van der Waals surface area (Å²) in [6.07, 6.45) is 1.62. The third kappa shape index (κ3) is 3.43. The molecule has 0 aliphatic carbocycles. The Morgan fingerprint density at radius 1 is 1.43 bits per heavy atom. The highest BCUT2D eigenvalue weighted by Crippen LogP contribution is 2.23. The predicted molar refractivity (Wildman–Crippen MR) is 52.9 cm³/mol. The van der Waals surface area contributed by atoms with Crippen molar-refractivity contribution < 1.29 is 13.2 Å². The van der Waals surface area contributed by atoms with Crippen LogP contribution < -0.4 is 5.73 Å². The predicted octanol–water partition coefficient (Wildman–Crippen LogP) is 0.0574. The molecule has 5 nitrogen and oxygen atoms in total. The zero-order chi connectivity index (χ0) is 10.8. The van der Waals surface area contributed by atoms with Gasteiger partial charge >= 0.3 is 0 Å². The van der Waals surface area contributed by atoms with E-state index in [1.54, 1.807) is 0 Å². The SMILES string of the molecule is NC(=O)CC1CCN(S(=O)(=O)Cl)CC1. The van der Waals surface area contributed by atoms with E-state index in [2.05, 4.69) is 0 Å². The van der Waals surface area contributed by atoms with E-state index < -0.39 is 9.24 Å². The monoisotopic (exact) mass is 240 g/mol. The van der Waals surface area contributed by atoms with Crippen LogP contribution in [0.1, 0.15) is 19.3 Å². The maximum atomic E-state index is 10.9. The molecule has 7 heteroatoms. The summed E-state index contributed by atoms with van der Waals surface area (Å²) in [4.78, 5) is 10.6. The topological polar surface area (TPSA) is 80.5 Å². The molecule has 0 saturated carbocycles. The zero-order valence-electron chi connectivity index (χ0n) is 7.65. The fourth-order valence-corrected chi connectivity index (χ4v) is 2.68. The molecule has 0 bridgehead atoms. The molecule has 82 valence electrons. The van der Waals surface area contributed by atoms with Crippen molar-refractivity contribution in [2.45, 2.75) is 19.3 Å². The first-order chi connectivity index (χ1) is 6.39. The number of primary amides is 1. The summed E-state index contributed by atoms with van der Waals surface area (Å²) < 4.78 is 23.0. The van der Waals surface area contributed by atoms with Crippen molar-refractivity contribution in [1.29, 1.82) is 0 Å². The summed E-state index contributed by atoms with van der Waals surface area (Å²) in [7, 11) is 1.58. The quantitative estimate of drug-likeness (QED) is 0.709. The lowest BCUT2D eigenvalue weighted by atomic mass is 9.94. The molecule has 0 radical (unpaired) electrons. The van der Waals surface area contributed by atoms with E-state index in [1.165, 1.54) is 4.31 Å². The van der Waals surface area contributed by atoms with E-state index in [0.717, 1.165) is 0 Å². The second kappa shape index (κ2) is 4.46. The van der Waals surface area contributed by atoms with Crippen molar-refractivity contribution >= 4 is 25.8 Å². The summed E-state index contributed by atoms with van der Waals surface area (Å²) in [6, 6.07) is 0. The van der Waals surface area contributed by atoms with Crippen molar-refractivity contribution in [2.24, 2.45) is 11.7 Å². The molecule has 1 heterocycles. The van der Waals surface area contributed by atoms with Gasteiger partial charge in [0.25, 0.3) is 9.24 Å². The number of carbonyl (C=O) groups is 1. The van der Waals surface area contributed by atoms with Crippen LogP contribution in [0.4, 0.5) is 0 Å². The van der Waals surface area contributed by atoms with Gasteiger partial charge in [-0.05, 0) is 18.8 Å². The van der Waals surface area contributed by atoms with Crippen molar-refractivity contribution in [2.75, 3.05) is 13.1 Å². The van der Waals surface area contributed by atoms with Gasteiger partial charge in [-0.2, -0.15) is 12.7 Å². The van der Waals surface area contributed by atoms with Crippen LogP contribution in [0.5, 0.6) is 0 Å². The van der Waals surface area contributed by atoms with Crippen LogP contribution in [-0.4, -0.2) is 31.7 Å². The average Bonchev–Trinajstić information content (AvgIpc) is 2.02. The second-order valence-corrected chi connectivity index (χ2v) is 5.97. The van der Waals surface area contributed by atoms with Gasteiger partial charge in [0.05, 0.1) is 0 Å². The Hall–Kier alpha value is -0.330. The average molecular weight is 241 g/mol. The van der Waals surface area contributed by atoms with Crippen LogP contribution in [-0.2, 0) is 14.0 Å². The first-order valence-electron chi connectivity index (χ1n) is 4.37. The Bertz CT molecular complexity index is 309. The number of hydrogen-bond acceptors (Lipinski definition) is 3. The zero-order valence-corrected chi connectivity index (χ0v) is 9.22. The number of halogens is 1. The summed E-state index contributed by atoms with van der Waals surface area (Å²) in [5.74, 6) is -0.139. The van der Waals surface area contributed by atoms with Crippen LogP contribution in [0.15, 0.2) is 0 Å². The fourth-order valence-electron chi connectivity index (χ4n) is 1.62. The highest BCUT2D eigenvalue weighted by atomic mass is 35.7. The Labute approximate surface area is 87.8 Å². The van der Waals surface area contributed by atoms with Crippen LogP contribution >= 0.6 is 10.7 Å². The summed E-state index contributed by atoms with van der Waals surface area (Å²) >= 11 is 0. The lowest BCUT2D eigenvalue weighted by molar-refractivity contribution is -0.119. The van der Waals surface area contributed by atoms with Crippen LogP contribution in [0, 0.1) is 5.92 Å². The van der Waals surface area contributed by atoms with Gasteiger partial charge < -0.3 is 5.73 Å². The van der Waals surface area contributed by atoms with Crippen LogP contribution in [0.2, 0.25) is 0 Å². The highest BCUT2D eigenvalue weighted by Gasteiger charge is 2.26. The van der Waals surface area contributed by atoms with Gasteiger partial charge in [-0.3, -0.25) is 4.79 Å². The summed E-state index contributed by atoms with van der Waals surface area (Å²) in [5, 5.41) is 0. The molecular weight excluding hydrogens is 228 g/mol. The van der Waals surface area contributed by atoms with Crippen molar-refractivity contribution in [3.63, 3.8) is 0 Å². The summed E-state index contributed by atoms with van der Waals surface area (Å²) in [6.45, 7) is 0.757. The Morgan fingerprint density at radius 2 is 1.93 bits per heavy atom. The molecule has 1 aliphatic heterocycles. The standard InChI is InChI=1S/C7H13ClN2O3S/c8-14(12,13)10-3-1-6(2-4-10)5-7(9)11/h6H,1-5H2,(H2,9,11). The van der Waals surface area contributed by atoms with Gasteiger partial charge in [0.1, 0.15) is 0 Å². The Balaban J connectivity index is 2.43. The maximum Gasteiger partial charge on any atom is 0.299 e. The molecule has 0 spiro atoms.